The molecule has 3 N–H and O–H groups in total. The molecule has 0 radical (unpaired) electrons. The largest absolute Gasteiger partial charge is 0.330 e. The quantitative estimate of drug-likeness (QED) is 0.727. The third kappa shape index (κ3) is 1.40. The molecule has 2 rings (SSSR count). The number of aromatic nitrogens is 2. The number of fused-ring (bicyclic) bond motifs is 1. The monoisotopic (exact) mass is 179 g/mol. The Bertz CT molecular complexity index is 422. The Morgan fingerprint density at radius 2 is 2.31 bits per heavy atom. The van der Waals surface area contributed by atoms with Crippen molar-refractivity contribution >= 4 is 10.9 Å². The lowest BCUT2D eigenvalue weighted by Crippen LogP contribution is -2.04. The highest BCUT2D eigenvalue weighted by molar-refractivity contribution is 5.78. The second-order valence-corrected chi connectivity index (χ2v) is 2.94. The molecule has 1 aromatic carbocycles. The lowest BCUT2D eigenvalue weighted by Gasteiger charge is -2.00. The average Bonchev–Trinajstić information content (AvgIpc) is 2.52. The van der Waals surface area contributed by atoms with Crippen molar-refractivity contribution in [2.75, 3.05) is 6.54 Å². The van der Waals surface area contributed by atoms with Crippen LogP contribution in [0.3, 0.4) is 0 Å². The summed E-state index contributed by atoms with van der Waals surface area (Å²) < 4.78 is 13.3. The highest BCUT2D eigenvalue weighted by Gasteiger charge is 2.04. The number of H-pyrrole nitrogens is 1. The lowest BCUT2D eigenvalue weighted by molar-refractivity contribution is 0.611. The first-order valence-electron chi connectivity index (χ1n) is 4.13. The zero-order chi connectivity index (χ0) is 9.26. The average molecular weight is 179 g/mol. The molecule has 0 amide bonds. The Morgan fingerprint density at radius 3 is 3.08 bits per heavy atom. The molecule has 0 spiro atoms. The first kappa shape index (κ1) is 8.19. The Balaban J connectivity index is 2.56. The molecule has 13 heavy (non-hydrogen) atoms. The third-order valence-electron chi connectivity index (χ3n) is 2.02. The zero-order valence-electron chi connectivity index (χ0n) is 7.05. The van der Waals surface area contributed by atoms with Gasteiger partial charge in [0.25, 0.3) is 0 Å². The van der Waals surface area contributed by atoms with Crippen molar-refractivity contribution in [3.63, 3.8) is 0 Å². The molecule has 0 aliphatic carbocycles. The molecule has 1 heterocycles. The molecule has 0 atom stereocenters. The van der Waals surface area contributed by atoms with E-state index in [1.165, 1.54) is 6.07 Å². The Labute approximate surface area is 74.7 Å². The van der Waals surface area contributed by atoms with E-state index in [1.807, 2.05) is 0 Å². The zero-order valence-corrected chi connectivity index (χ0v) is 7.05. The number of nitrogens with one attached hydrogen (secondary N) is 1. The summed E-state index contributed by atoms with van der Waals surface area (Å²) in [7, 11) is 0. The van der Waals surface area contributed by atoms with Crippen LogP contribution in [-0.2, 0) is 6.42 Å². The van der Waals surface area contributed by atoms with Crippen molar-refractivity contribution < 1.29 is 4.39 Å². The van der Waals surface area contributed by atoms with Gasteiger partial charge in [-0.15, -0.1) is 0 Å². The van der Waals surface area contributed by atoms with Crippen LogP contribution in [0.5, 0.6) is 0 Å². The van der Waals surface area contributed by atoms with E-state index < -0.39 is 0 Å². The number of aromatic amines is 1. The van der Waals surface area contributed by atoms with Crippen LogP contribution in [0.2, 0.25) is 0 Å². The van der Waals surface area contributed by atoms with E-state index in [2.05, 4.69) is 10.2 Å². The maximum absolute atomic E-state index is 13.3. The number of rotatable bonds is 2. The topological polar surface area (TPSA) is 54.7 Å². The first-order valence-corrected chi connectivity index (χ1v) is 4.13. The van der Waals surface area contributed by atoms with Gasteiger partial charge in [-0.25, -0.2) is 4.39 Å². The van der Waals surface area contributed by atoms with Gasteiger partial charge < -0.3 is 5.73 Å². The highest BCUT2D eigenvalue weighted by atomic mass is 19.1. The predicted octanol–water partition coefficient (Wildman–Crippen LogP) is 1.20. The maximum Gasteiger partial charge on any atom is 0.128 e. The minimum Gasteiger partial charge on any atom is -0.330 e. The minimum absolute atomic E-state index is 0.220. The molecule has 0 aliphatic rings. The molecule has 1 aromatic heterocycles. The summed E-state index contributed by atoms with van der Waals surface area (Å²) in [5.41, 5.74) is 6.73. The second kappa shape index (κ2) is 3.14. The number of hydrogen-bond acceptors (Lipinski definition) is 2. The molecule has 0 fully saturated rings. The van der Waals surface area contributed by atoms with Gasteiger partial charge in [0.2, 0.25) is 0 Å². The van der Waals surface area contributed by atoms with Crippen LogP contribution in [-0.4, -0.2) is 16.7 Å². The van der Waals surface area contributed by atoms with Crippen molar-refractivity contribution in [2.24, 2.45) is 5.73 Å². The van der Waals surface area contributed by atoms with Crippen molar-refractivity contribution in [3.05, 3.63) is 29.7 Å². The van der Waals surface area contributed by atoms with Crippen LogP contribution < -0.4 is 5.73 Å². The minimum atomic E-state index is -0.220. The fraction of sp³-hybridized carbons (Fsp3) is 0.222. The van der Waals surface area contributed by atoms with E-state index in [9.17, 15) is 4.39 Å². The predicted molar refractivity (Wildman–Crippen MR) is 48.8 cm³/mol. The number of hydrogen-bond donors (Lipinski definition) is 2. The van der Waals surface area contributed by atoms with Crippen LogP contribution in [0, 0.1) is 5.82 Å². The molecule has 0 aliphatic heterocycles. The van der Waals surface area contributed by atoms with Crippen LogP contribution in [0.1, 0.15) is 5.56 Å². The van der Waals surface area contributed by atoms with Crippen LogP contribution in [0.4, 0.5) is 4.39 Å². The van der Waals surface area contributed by atoms with Crippen molar-refractivity contribution in [1.29, 1.82) is 0 Å². The van der Waals surface area contributed by atoms with Gasteiger partial charge in [-0.1, -0.05) is 0 Å². The molecule has 68 valence electrons. The summed E-state index contributed by atoms with van der Waals surface area (Å²) in [6, 6.07) is 3.23. The highest BCUT2D eigenvalue weighted by Crippen LogP contribution is 2.16. The lowest BCUT2D eigenvalue weighted by atomic mass is 10.1. The van der Waals surface area contributed by atoms with Crippen molar-refractivity contribution in [3.8, 4) is 0 Å². The van der Waals surface area contributed by atoms with E-state index >= 15 is 0 Å². The van der Waals surface area contributed by atoms with Gasteiger partial charge in [-0.05, 0) is 30.7 Å². The van der Waals surface area contributed by atoms with Gasteiger partial charge in [0.15, 0.2) is 0 Å². The van der Waals surface area contributed by atoms with Crippen molar-refractivity contribution in [2.45, 2.75) is 6.42 Å². The van der Waals surface area contributed by atoms with Gasteiger partial charge >= 0.3 is 0 Å². The number of benzene rings is 1. The second-order valence-electron chi connectivity index (χ2n) is 2.94. The summed E-state index contributed by atoms with van der Waals surface area (Å²) in [5.74, 6) is -0.220. The summed E-state index contributed by atoms with van der Waals surface area (Å²) >= 11 is 0. The number of nitrogens with zero attached hydrogens (tertiary/aromatic N) is 1. The van der Waals surface area contributed by atoms with E-state index in [0.29, 0.717) is 18.5 Å². The molecule has 4 heteroatoms. The smallest absolute Gasteiger partial charge is 0.128 e. The maximum atomic E-state index is 13.3. The Kier molecular flexibility index (Phi) is 1.98. The third-order valence-corrected chi connectivity index (χ3v) is 2.02. The molecule has 0 saturated heterocycles. The van der Waals surface area contributed by atoms with Gasteiger partial charge in [0, 0.05) is 5.39 Å². The fourth-order valence-electron chi connectivity index (χ4n) is 1.36. The van der Waals surface area contributed by atoms with Crippen LogP contribution in [0.25, 0.3) is 10.9 Å². The summed E-state index contributed by atoms with van der Waals surface area (Å²) in [6.07, 6.45) is 2.24. The molecule has 0 saturated carbocycles. The Hall–Kier alpha value is -1.42. The summed E-state index contributed by atoms with van der Waals surface area (Å²) in [6.45, 7) is 0.459. The normalized spacial score (nSPS) is 10.9. The van der Waals surface area contributed by atoms with E-state index in [0.717, 1.165) is 10.9 Å². The van der Waals surface area contributed by atoms with Crippen LogP contribution >= 0.6 is 0 Å². The SMILES string of the molecule is NCCc1cc2cn[nH]c2cc1F. The van der Waals surface area contributed by atoms with E-state index in [4.69, 9.17) is 5.73 Å². The van der Waals surface area contributed by atoms with Gasteiger partial charge in [-0.3, -0.25) is 5.10 Å². The first-order chi connectivity index (χ1) is 6.31. The van der Waals surface area contributed by atoms with Crippen molar-refractivity contribution in [1.82, 2.24) is 10.2 Å². The van der Waals surface area contributed by atoms with Gasteiger partial charge in [-0.2, -0.15) is 5.10 Å². The Morgan fingerprint density at radius 1 is 1.46 bits per heavy atom. The van der Waals surface area contributed by atoms with E-state index in [1.54, 1.807) is 12.3 Å². The van der Waals surface area contributed by atoms with Gasteiger partial charge in [0.05, 0.1) is 11.7 Å². The number of halogens is 1. The molecular formula is C9H10FN3. The molecule has 3 nitrogen and oxygen atoms in total. The molecule has 2 aromatic rings. The van der Waals surface area contributed by atoms with Crippen LogP contribution in [0.15, 0.2) is 18.3 Å². The molecule has 0 bridgehead atoms. The van der Waals surface area contributed by atoms with Gasteiger partial charge in [0.1, 0.15) is 5.82 Å². The summed E-state index contributed by atoms with van der Waals surface area (Å²) in [5, 5.41) is 7.45. The molecule has 0 unspecified atom stereocenters. The fourth-order valence-corrected chi connectivity index (χ4v) is 1.36. The number of nitrogens with two attached hydrogens (primary N) is 1. The molecular weight excluding hydrogens is 169 g/mol. The van der Waals surface area contributed by atoms with E-state index in [-0.39, 0.29) is 5.82 Å². The summed E-state index contributed by atoms with van der Waals surface area (Å²) in [4.78, 5) is 0. The standard InChI is InChI=1S/C9H10FN3/c10-8-4-9-7(5-12-13-9)3-6(8)1-2-11/h3-5H,1-2,11H2,(H,12,13).